The van der Waals surface area contributed by atoms with Gasteiger partial charge in [0.2, 0.25) is 0 Å². The average molecular weight is 281 g/mol. The van der Waals surface area contributed by atoms with Gasteiger partial charge in [-0.2, -0.15) is 0 Å². The Kier molecular flexibility index (Phi) is 3.86. The Morgan fingerprint density at radius 2 is 2.29 bits per heavy atom. The van der Waals surface area contributed by atoms with Crippen LogP contribution in [0.3, 0.4) is 0 Å². The number of carbonyl (C=O) groups is 1. The van der Waals surface area contributed by atoms with Gasteiger partial charge in [-0.25, -0.2) is 0 Å². The number of carbonyl (C=O) groups excluding carboxylic acids is 1. The summed E-state index contributed by atoms with van der Waals surface area (Å²) < 4.78 is 0. The molecule has 0 fully saturated rings. The summed E-state index contributed by atoms with van der Waals surface area (Å²) in [5, 5.41) is 3.43. The molecule has 1 atom stereocenters. The van der Waals surface area contributed by atoms with Gasteiger partial charge < -0.3 is 15.0 Å². The number of nitrogens with one attached hydrogen (secondary N) is 1. The highest BCUT2D eigenvalue weighted by molar-refractivity contribution is 5.71. The Morgan fingerprint density at radius 1 is 1.38 bits per heavy atom. The Hall–Kier alpha value is -2.36. The van der Waals surface area contributed by atoms with E-state index in [4.69, 9.17) is 0 Å². The van der Waals surface area contributed by atoms with Crippen molar-refractivity contribution in [3.63, 3.8) is 0 Å². The number of pyridine rings is 1. The van der Waals surface area contributed by atoms with Gasteiger partial charge in [-0.1, -0.05) is 12.1 Å². The van der Waals surface area contributed by atoms with E-state index in [-0.39, 0.29) is 6.04 Å². The number of hydrogen-bond donors (Lipinski definition) is 1. The van der Waals surface area contributed by atoms with Gasteiger partial charge in [-0.05, 0) is 42.2 Å². The van der Waals surface area contributed by atoms with Crippen LogP contribution >= 0.6 is 0 Å². The topological polar surface area (TPSA) is 45.2 Å². The monoisotopic (exact) mass is 281 g/mol. The van der Waals surface area contributed by atoms with Gasteiger partial charge in [-0.3, -0.25) is 4.98 Å². The van der Waals surface area contributed by atoms with Crippen LogP contribution in [0.15, 0.2) is 42.7 Å². The van der Waals surface area contributed by atoms with Crippen LogP contribution in [0.5, 0.6) is 0 Å². The lowest BCUT2D eigenvalue weighted by molar-refractivity contribution is -0.109. The highest BCUT2D eigenvalue weighted by atomic mass is 16.1. The Bertz CT molecular complexity index is 627. The van der Waals surface area contributed by atoms with Crippen LogP contribution in [0.2, 0.25) is 0 Å². The molecule has 0 amide bonds. The van der Waals surface area contributed by atoms with Crippen molar-refractivity contribution in [2.24, 2.45) is 0 Å². The van der Waals surface area contributed by atoms with Crippen molar-refractivity contribution in [3.05, 3.63) is 53.9 Å². The molecule has 4 heteroatoms. The molecule has 0 spiro atoms. The van der Waals surface area contributed by atoms with Gasteiger partial charge in [0.05, 0.1) is 0 Å². The van der Waals surface area contributed by atoms with Gasteiger partial charge in [0.15, 0.2) is 0 Å². The number of benzene rings is 1. The number of hydrogen-bond acceptors (Lipinski definition) is 4. The molecule has 0 saturated heterocycles. The predicted molar refractivity (Wildman–Crippen MR) is 84.7 cm³/mol. The summed E-state index contributed by atoms with van der Waals surface area (Å²) in [6, 6.07) is 9.83. The predicted octanol–water partition coefficient (Wildman–Crippen LogP) is 2.82. The third-order valence-electron chi connectivity index (χ3n) is 4.01. The molecule has 1 aliphatic rings. The first-order chi connectivity index (χ1) is 10.3. The fraction of sp³-hybridized carbons (Fsp3) is 0.294. The normalized spacial score (nSPS) is 14.7. The highest BCUT2D eigenvalue weighted by Gasteiger charge is 2.18. The number of aldehydes is 1. The zero-order valence-corrected chi connectivity index (χ0v) is 12.1. The summed E-state index contributed by atoms with van der Waals surface area (Å²) in [5.41, 5.74) is 4.47. The van der Waals surface area contributed by atoms with E-state index in [2.05, 4.69) is 28.5 Å². The molecule has 2 aromatic rings. The fourth-order valence-corrected chi connectivity index (χ4v) is 2.77. The standard InChI is InChI=1S/C17H19N3O/c1-20(17(12-21)14-5-2-8-18-11-14)15-7-6-13-4-3-9-19-16(13)10-15/h2,5-8,10-12,17,19H,3-4,9H2,1H3. The van der Waals surface area contributed by atoms with Crippen LogP contribution in [-0.2, 0) is 11.2 Å². The molecule has 3 rings (SSSR count). The Labute approximate surface area is 124 Å². The third-order valence-corrected chi connectivity index (χ3v) is 4.01. The largest absolute Gasteiger partial charge is 0.385 e. The number of fused-ring (bicyclic) bond motifs is 1. The van der Waals surface area contributed by atoms with E-state index in [1.165, 1.54) is 17.7 Å². The number of rotatable bonds is 4. The minimum Gasteiger partial charge on any atom is -0.385 e. The summed E-state index contributed by atoms with van der Waals surface area (Å²) in [4.78, 5) is 17.6. The van der Waals surface area contributed by atoms with Gasteiger partial charge in [0, 0.05) is 37.4 Å². The lowest BCUT2D eigenvalue weighted by atomic mass is 10.0. The molecular weight excluding hydrogens is 262 g/mol. The first-order valence-electron chi connectivity index (χ1n) is 7.24. The van der Waals surface area contributed by atoms with E-state index < -0.39 is 0 Å². The van der Waals surface area contributed by atoms with Crippen molar-refractivity contribution in [3.8, 4) is 0 Å². The molecular formula is C17H19N3O. The molecule has 4 nitrogen and oxygen atoms in total. The van der Waals surface area contributed by atoms with Crippen LogP contribution < -0.4 is 10.2 Å². The second kappa shape index (κ2) is 5.95. The van der Waals surface area contributed by atoms with E-state index in [0.29, 0.717) is 0 Å². The molecule has 1 aromatic carbocycles. The first kappa shape index (κ1) is 13.6. The van der Waals surface area contributed by atoms with Crippen molar-refractivity contribution in [1.29, 1.82) is 0 Å². The van der Waals surface area contributed by atoms with Crippen LogP contribution in [0.1, 0.15) is 23.6 Å². The number of anilines is 2. The van der Waals surface area contributed by atoms with Crippen molar-refractivity contribution >= 4 is 17.7 Å². The Balaban J connectivity index is 1.90. The summed E-state index contributed by atoms with van der Waals surface area (Å²) in [6.45, 7) is 1.01. The van der Waals surface area contributed by atoms with Crippen LogP contribution in [0.25, 0.3) is 0 Å². The molecule has 108 valence electrons. The van der Waals surface area contributed by atoms with Crippen LogP contribution in [-0.4, -0.2) is 24.9 Å². The molecule has 2 heterocycles. The molecule has 1 aromatic heterocycles. The minimum atomic E-state index is -0.319. The summed E-state index contributed by atoms with van der Waals surface area (Å²) in [5.74, 6) is 0. The molecule has 1 aliphatic heterocycles. The summed E-state index contributed by atoms with van der Waals surface area (Å²) >= 11 is 0. The fourth-order valence-electron chi connectivity index (χ4n) is 2.77. The van der Waals surface area contributed by atoms with Gasteiger partial charge >= 0.3 is 0 Å². The van der Waals surface area contributed by atoms with Crippen LogP contribution in [0, 0.1) is 0 Å². The Morgan fingerprint density at radius 3 is 3.05 bits per heavy atom. The number of aromatic nitrogens is 1. The molecule has 0 radical (unpaired) electrons. The van der Waals surface area contributed by atoms with Gasteiger partial charge in [0.25, 0.3) is 0 Å². The SMILES string of the molecule is CN(c1ccc2c(c1)NCCC2)C(C=O)c1cccnc1. The zero-order chi connectivity index (χ0) is 14.7. The van der Waals surface area contributed by atoms with E-state index in [1.54, 1.807) is 12.4 Å². The van der Waals surface area contributed by atoms with Gasteiger partial charge in [-0.15, -0.1) is 0 Å². The molecule has 1 N–H and O–H groups in total. The quantitative estimate of drug-likeness (QED) is 0.875. The highest BCUT2D eigenvalue weighted by Crippen LogP contribution is 2.30. The van der Waals surface area contributed by atoms with Crippen molar-refractivity contribution < 1.29 is 4.79 Å². The zero-order valence-electron chi connectivity index (χ0n) is 12.1. The molecule has 0 aliphatic carbocycles. The number of aryl methyl sites for hydroxylation is 1. The van der Waals surface area contributed by atoms with Crippen LogP contribution in [0.4, 0.5) is 11.4 Å². The van der Waals surface area contributed by atoms with Crippen molar-refractivity contribution in [1.82, 2.24) is 4.98 Å². The van der Waals surface area contributed by atoms with E-state index >= 15 is 0 Å². The molecule has 21 heavy (non-hydrogen) atoms. The maximum Gasteiger partial charge on any atom is 0.147 e. The molecule has 0 bridgehead atoms. The second-order valence-electron chi connectivity index (χ2n) is 5.35. The lowest BCUT2D eigenvalue weighted by Gasteiger charge is -2.28. The average Bonchev–Trinajstić information content (AvgIpc) is 2.56. The molecule has 0 saturated carbocycles. The smallest absolute Gasteiger partial charge is 0.147 e. The number of nitrogens with zero attached hydrogens (tertiary/aromatic N) is 2. The number of likely N-dealkylation sites (N-methyl/N-ethyl adjacent to an activating group) is 1. The summed E-state index contributed by atoms with van der Waals surface area (Å²) in [6.07, 6.45) is 6.71. The maximum atomic E-state index is 11.5. The van der Waals surface area contributed by atoms with E-state index in [0.717, 1.165) is 30.5 Å². The second-order valence-corrected chi connectivity index (χ2v) is 5.35. The first-order valence-corrected chi connectivity index (χ1v) is 7.24. The van der Waals surface area contributed by atoms with E-state index in [1.807, 2.05) is 24.1 Å². The lowest BCUT2D eigenvalue weighted by Crippen LogP contribution is -2.25. The van der Waals surface area contributed by atoms with Crippen molar-refractivity contribution in [2.75, 3.05) is 23.8 Å². The van der Waals surface area contributed by atoms with E-state index in [9.17, 15) is 4.79 Å². The maximum absolute atomic E-state index is 11.5. The van der Waals surface area contributed by atoms with Crippen molar-refractivity contribution in [2.45, 2.75) is 18.9 Å². The van der Waals surface area contributed by atoms with Gasteiger partial charge in [0.1, 0.15) is 12.3 Å². The minimum absolute atomic E-state index is 0.319. The summed E-state index contributed by atoms with van der Waals surface area (Å²) in [7, 11) is 1.94. The third kappa shape index (κ3) is 2.75. The molecule has 1 unspecified atom stereocenters.